The second-order valence-corrected chi connectivity index (χ2v) is 6.36. The lowest BCUT2D eigenvalue weighted by molar-refractivity contribution is -0.671. The normalized spacial score (nSPS) is 11.0. The zero-order chi connectivity index (χ0) is 16.9. The average molecular weight is 365 g/mol. The van der Waals surface area contributed by atoms with E-state index in [9.17, 15) is 4.39 Å². The van der Waals surface area contributed by atoms with Crippen LogP contribution in [0.25, 0.3) is 11.3 Å². The molecule has 0 bridgehead atoms. The Balaban J connectivity index is 1.57. The van der Waals surface area contributed by atoms with Gasteiger partial charge in [-0.3, -0.25) is 0 Å². The third kappa shape index (κ3) is 4.18. The number of benzene rings is 2. The van der Waals surface area contributed by atoms with Crippen LogP contribution in [-0.4, -0.2) is 6.54 Å². The maximum atomic E-state index is 13.5. The molecule has 0 aliphatic rings. The van der Waals surface area contributed by atoms with Crippen molar-refractivity contribution in [2.45, 2.75) is 13.0 Å². The summed E-state index contributed by atoms with van der Waals surface area (Å²) in [6.45, 7) is 1.47. The van der Waals surface area contributed by atoms with Crippen LogP contribution in [0.3, 0.4) is 0 Å². The predicted molar refractivity (Wildman–Crippen MR) is 94.8 cm³/mol. The molecule has 0 saturated carbocycles. The molecule has 2 aromatic carbocycles. The smallest absolute Gasteiger partial charge is 0.158 e. The van der Waals surface area contributed by atoms with E-state index >= 15 is 0 Å². The number of furan rings is 1. The highest BCUT2D eigenvalue weighted by atomic mass is 35.5. The van der Waals surface area contributed by atoms with Crippen molar-refractivity contribution >= 4 is 23.2 Å². The van der Waals surface area contributed by atoms with E-state index in [1.54, 1.807) is 24.3 Å². The maximum Gasteiger partial charge on any atom is 0.158 e. The van der Waals surface area contributed by atoms with Crippen molar-refractivity contribution in [1.82, 2.24) is 0 Å². The van der Waals surface area contributed by atoms with Gasteiger partial charge < -0.3 is 9.73 Å². The van der Waals surface area contributed by atoms with Gasteiger partial charge in [0.1, 0.15) is 18.1 Å². The molecule has 5 heteroatoms. The van der Waals surface area contributed by atoms with Crippen LogP contribution in [0.15, 0.2) is 59.0 Å². The Bertz CT molecular complexity index is 832. The number of halogens is 3. The van der Waals surface area contributed by atoms with Gasteiger partial charge in [0, 0.05) is 17.0 Å². The highest BCUT2D eigenvalue weighted by Gasteiger charge is 2.10. The highest BCUT2D eigenvalue weighted by Crippen LogP contribution is 2.31. The molecule has 0 aliphatic carbocycles. The molecular formula is C19H17Cl2FNO+. The van der Waals surface area contributed by atoms with E-state index in [1.165, 1.54) is 6.07 Å². The van der Waals surface area contributed by atoms with Gasteiger partial charge in [-0.15, -0.1) is 0 Å². The molecule has 0 fully saturated rings. The Morgan fingerprint density at radius 1 is 1.00 bits per heavy atom. The molecule has 1 aromatic heterocycles. The van der Waals surface area contributed by atoms with Crippen molar-refractivity contribution in [3.8, 4) is 11.3 Å². The topological polar surface area (TPSA) is 29.8 Å². The van der Waals surface area contributed by atoms with Gasteiger partial charge >= 0.3 is 0 Å². The lowest BCUT2D eigenvalue weighted by atomic mass is 10.1. The van der Waals surface area contributed by atoms with Crippen molar-refractivity contribution in [3.63, 3.8) is 0 Å². The summed E-state index contributed by atoms with van der Waals surface area (Å²) in [5.74, 6) is 1.39. The zero-order valence-electron chi connectivity index (χ0n) is 12.9. The fraction of sp³-hybridized carbons (Fsp3) is 0.158. The molecule has 1 heterocycles. The number of hydrogen-bond acceptors (Lipinski definition) is 1. The van der Waals surface area contributed by atoms with Crippen molar-refractivity contribution < 1.29 is 14.1 Å². The number of hydrogen-bond donors (Lipinski definition) is 1. The molecule has 0 amide bonds. The van der Waals surface area contributed by atoms with E-state index in [4.69, 9.17) is 27.6 Å². The van der Waals surface area contributed by atoms with Crippen LogP contribution >= 0.6 is 23.2 Å². The van der Waals surface area contributed by atoms with Crippen LogP contribution in [0.5, 0.6) is 0 Å². The van der Waals surface area contributed by atoms with Crippen molar-refractivity contribution in [2.24, 2.45) is 0 Å². The van der Waals surface area contributed by atoms with Crippen LogP contribution in [0, 0.1) is 5.82 Å². The first-order valence-corrected chi connectivity index (χ1v) is 8.48. The van der Waals surface area contributed by atoms with Crippen LogP contribution in [0.2, 0.25) is 10.0 Å². The molecule has 0 unspecified atom stereocenters. The van der Waals surface area contributed by atoms with Gasteiger partial charge in [-0.05, 0) is 42.0 Å². The Kier molecular flexibility index (Phi) is 5.56. The summed E-state index contributed by atoms with van der Waals surface area (Å²) in [7, 11) is 0. The molecule has 3 aromatic rings. The molecule has 0 saturated heterocycles. The minimum Gasteiger partial charge on any atom is -0.455 e. The summed E-state index contributed by atoms with van der Waals surface area (Å²) >= 11 is 12.2. The van der Waals surface area contributed by atoms with Crippen LogP contribution < -0.4 is 5.32 Å². The Morgan fingerprint density at radius 3 is 2.67 bits per heavy atom. The molecule has 0 aliphatic heterocycles. The van der Waals surface area contributed by atoms with Gasteiger partial charge in [-0.25, -0.2) is 4.39 Å². The summed E-state index contributed by atoms with van der Waals surface area (Å²) < 4.78 is 19.4. The minimum absolute atomic E-state index is 0.151. The third-order valence-electron chi connectivity index (χ3n) is 3.78. The number of rotatable bonds is 6. The molecule has 124 valence electrons. The van der Waals surface area contributed by atoms with E-state index in [-0.39, 0.29) is 5.82 Å². The molecule has 24 heavy (non-hydrogen) atoms. The predicted octanol–water partition coefficient (Wildman–Crippen LogP) is 4.70. The molecular weight excluding hydrogens is 348 g/mol. The Morgan fingerprint density at radius 2 is 1.83 bits per heavy atom. The fourth-order valence-electron chi connectivity index (χ4n) is 2.52. The summed E-state index contributed by atoms with van der Waals surface area (Å²) in [5, 5.41) is 3.31. The van der Waals surface area contributed by atoms with Gasteiger partial charge in [0.05, 0.1) is 11.6 Å². The van der Waals surface area contributed by atoms with E-state index in [1.807, 2.05) is 24.3 Å². The lowest BCUT2D eigenvalue weighted by Crippen LogP contribution is -2.83. The number of quaternary nitrogens is 1. The van der Waals surface area contributed by atoms with E-state index < -0.39 is 0 Å². The van der Waals surface area contributed by atoms with E-state index in [0.717, 1.165) is 23.4 Å². The van der Waals surface area contributed by atoms with E-state index in [0.29, 0.717) is 28.8 Å². The molecule has 0 spiro atoms. The average Bonchev–Trinajstić information content (AvgIpc) is 3.04. The Hall–Kier alpha value is -1.81. The maximum absolute atomic E-state index is 13.5. The fourth-order valence-corrected chi connectivity index (χ4v) is 2.90. The van der Waals surface area contributed by atoms with Gasteiger partial charge in [-0.1, -0.05) is 41.4 Å². The Labute approximate surface area is 150 Å². The van der Waals surface area contributed by atoms with Crippen molar-refractivity contribution in [2.75, 3.05) is 6.54 Å². The van der Waals surface area contributed by atoms with Crippen LogP contribution in [0.4, 0.5) is 4.39 Å². The molecule has 0 radical (unpaired) electrons. The molecule has 0 atom stereocenters. The summed E-state index contributed by atoms with van der Waals surface area (Å²) in [6, 6.07) is 16.0. The minimum atomic E-state index is -0.151. The standard InChI is InChI=1S/C19H16Cl2FNO/c20-14-5-7-17(21)16(11-14)19-8-6-15(24-19)12-23-10-9-13-3-1-2-4-18(13)22/h1-8,11,23H,9-10,12H2/p+1. The van der Waals surface area contributed by atoms with Gasteiger partial charge in [0.15, 0.2) is 5.76 Å². The van der Waals surface area contributed by atoms with Gasteiger partial charge in [0.2, 0.25) is 0 Å². The molecule has 2 nitrogen and oxygen atoms in total. The second-order valence-electron chi connectivity index (χ2n) is 5.51. The van der Waals surface area contributed by atoms with E-state index in [2.05, 4.69) is 5.32 Å². The molecule has 3 rings (SSSR count). The highest BCUT2D eigenvalue weighted by molar-refractivity contribution is 6.35. The zero-order valence-corrected chi connectivity index (χ0v) is 14.4. The SMILES string of the molecule is Fc1ccccc1CC[NH2+]Cc1ccc(-c2cc(Cl)ccc2Cl)o1. The van der Waals surface area contributed by atoms with Crippen LogP contribution in [-0.2, 0) is 13.0 Å². The first kappa shape index (κ1) is 17.0. The molecule has 2 N–H and O–H groups in total. The third-order valence-corrected chi connectivity index (χ3v) is 4.34. The van der Waals surface area contributed by atoms with Crippen molar-refractivity contribution in [3.05, 3.63) is 81.8 Å². The summed E-state index contributed by atoms with van der Waals surface area (Å²) in [5.41, 5.74) is 1.52. The quantitative estimate of drug-likeness (QED) is 0.631. The van der Waals surface area contributed by atoms with Gasteiger partial charge in [-0.2, -0.15) is 0 Å². The summed E-state index contributed by atoms with van der Waals surface area (Å²) in [4.78, 5) is 0. The number of nitrogens with two attached hydrogens (primary N) is 1. The van der Waals surface area contributed by atoms with Crippen molar-refractivity contribution in [1.29, 1.82) is 0 Å². The summed E-state index contributed by atoms with van der Waals surface area (Å²) in [6.07, 6.45) is 0.681. The monoisotopic (exact) mass is 364 g/mol. The largest absolute Gasteiger partial charge is 0.455 e. The van der Waals surface area contributed by atoms with Crippen LogP contribution in [0.1, 0.15) is 11.3 Å². The second kappa shape index (κ2) is 7.84. The lowest BCUT2D eigenvalue weighted by Gasteiger charge is -2.03. The van der Waals surface area contributed by atoms with Gasteiger partial charge in [0.25, 0.3) is 0 Å². The first-order valence-electron chi connectivity index (χ1n) is 7.72. The first-order chi connectivity index (χ1) is 11.6.